The average Bonchev–Trinajstić information content (AvgIpc) is 2.08. The van der Waals surface area contributed by atoms with Gasteiger partial charge in [0.15, 0.2) is 0 Å². The van der Waals surface area contributed by atoms with Crippen LogP contribution < -0.4 is 5.32 Å². The Hall–Kier alpha value is 0.0700. The van der Waals surface area contributed by atoms with Crippen molar-refractivity contribution in [1.29, 1.82) is 0 Å². The second-order valence-corrected chi connectivity index (χ2v) is 6.23. The van der Waals surface area contributed by atoms with Crippen molar-refractivity contribution >= 4 is 10.8 Å². The zero-order valence-corrected chi connectivity index (χ0v) is 10.3. The molecule has 0 aromatic rings. The molecule has 1 aliphatic heterocycles. The van der Waals surface area contributed by atoms with E-state index in [0.717, 1.165) is 37.7 Å². The SMILES string of the molecule is CCNC(C)(C)CN1CCS(=O)CC1. The number of hydrogen-bond donors (Lipinski definition) is 1. The third kappa shape index (κ3) is 4.07. The minimum atomic E-state index is -0.555. The number of nitrogens with one attached hydrogen (secondary N) is 1. The molecule has 1 N–H and O–H groups in total. The third-order valence-electron chi connectivity index (χ3n) is 2.54. The van der Waals surface area contributed by atoms with E-state index in [1.54, 1.807) is 0 Å². The van der Waals surface area contributed by atoms with E-state index < -0.39 is 10.8 Å². The maximum Gasteiger partial charge on any atom is 0.0363 e. The van der Waals surface area contributed by atoms with Crippen molar-refractivity contribution in [3.63, 3.8) is 0 Å². The molecule has 3 nitrogen and oxygen atoms in total. The van der Waals surface area contributed by atoms with Crippen LogP contribution in [-0.4, -0.2) is 52.3 Å². The second-order valence-electron chi connectivity index (χ2n) is 4.54. The van der Waals surface area contributed by atoms with Gasteiger partial charge in [0.05, 0.1) is 0 Å². The topological polar surface area (TPSA) is 32.3 Å². The lowest BCUT2D eigenvalue weighted by Gasteiger charge is -2.35. The number of likely N-dealkylation sites (N-methyl/N-ethyl adjacent to an activating group) is 1. The van der Waals surface area contributed by atoms with E-state index in [1.807, 2.05) is 0 Å². The van der Waals surface area contributed by atoms with E-state index in [2.05, 4.69) is 31.0 Å². The van der Waals surface area contributed by atoms with Crippen molar-refractivity contribution in [2.75, 3.05) is 37.7 Å². The summed E-state index contributed by atoms with van der Waals surface area (Å²) < 4.78 is 11.2. The van der Waals surface area contributed by atoms with Gasteiger partial charge in [0, 0.05) is 47.5 Å². The summed E-state index contributed by atoms with van der Waals surface area (Å²) in [5, 5.41) is 3.46. The van der Waals surface area contributed by atoms with Crippen molar-refractivity contribution < 1.29 is 4.21 Å². The van der Waals surface area contributed by atoms with Crippen LogP contribution >= 0.6 is 0 Å². The predicted octanol–water partition coefficient (Wildman–Crippen LogP) is 0.439. The van der Waals surface area contributed by atoms with Crippen LogP contribution in [0, 0.1) is 0 Å². The van der Waals surface area contributed by atoms with Crippen molar-refractivity contribution in [2.45, 2.75) is 26.3 Å². The lowest BCUT2D eigenvalue weighted by Crippen LogP contribution is -2.52. The lowest BCUT2D eigenvalue weighted by molar-refractivity contribution is 0.217. The molecule has 14 heavy (non-hydrogen) atoms. The summed E-state index contributed by atoms with van der Waals surface area (Å²) in [6.45, 7) is 10.6. The standard InChI is InChI=1S/C10H22N2OS/c1-4-11-10(2,3)9-12-5-7-14(13)8-6-12/h11H,4-9H2,1-3H3. The Morgan fingerprint density at radius 3 is 2.43 bits per heavy atom. The molecular formula is C10H22N2OS. The smallest absolute Gasteiger partial charge is 0.0363 e. The van der Waals surface area contributed by atoms with Crippen LogP contribution in [0.25, 0.3) is 0 Å². The maximum atomic E-state index is 11.2. The molecule has 84 valence electrons. The monoisotopic (exact) mass is 218 g/mol. The molecule has 0 saturated carbocycles. The molecule has 1 rings (SSSR count). The largest absolute Gasteiger partial charge is 0.311 e. The first kappa shape index (κ1) is 12.1. The zero-order chi connectivity index (χ0) is 10.6. The highest BCUT2D eigenvalue weighted by molar-refractivity contribution is 7.85. The normalized spacial score (nSPS) is 21.4. The van der Waals surface area contributed by atoms with Gasteiger partial charge in [-0.3, -0.25) is 9.11 Å². The van der Waals surface area contributed by atoms with Gasteiger partial charge < -0.3 is 5.32 Å². The molecule has 1 aliphatic rings. The Kier molecular flexibility index (Phi) is 4.54. The first-order valence-electron chi connectivity index (χ1n) is 5.36. The minimum absolute atomic E-state index is 0.174. The van der Waals surface area contributed by atoms with Crippen LogP contribution in [0.2, 0.25) is 0 Å². The molecule has 0 spiro atoms. The molecular weight excluding hydrogens is 196 g/mol. The Morgan fingerprint density at radius 1 is 1.36 bits per heavy atom. The second kappa shape index (κ2) is 5.24. The third-order valence-corrected chi connectivity index (χ3v) is 3.82. The minimum Gasteiger partial charge on any atom is -0.311 e. The van der Waals surface area contributed by atoms with Crippen LogP contribution in [0.1, 0.15) is 20.8 Å². The number of rotatable bonds is 4. The Labute approximate surface area is 89.7 Å². The van der Waals surface area contributed by atoms with Gasteiger partial charge >= 0.3 is 0 Å². The van der Waals surface area contributed by atoms with Gasteiger partial charge in [-0.05, 0) is 20.4 Å². The first-order chi connectivity index (χ1) is 6.53. The highest BCUT2D eigenvalue weighted by Crippen LogP contribution is 2.08. The maximum absolute atomic E-state index is 11.2. The summed E-state index contributed by atoms with van der Waals surface area (Å²) in [6.07, 6.45) is 0. The molecule has 4 heteroatoms. The van der Waals surface area contributed by atoms with Gasteiger partial charge in [-0.15, -0.1) is 0 Å². The molecule has 1 saturated heterocycles. The molecule has 0 amide bonds. The van der Waals surface area contributed by atoms with Gasteiger partial charge in [-0.1, -0.05) is 6.92 Å². The van der Waals surface area contributed by atoms with E-state index in [9.17, 15) is 4.21 Å². The van der Waals surface area contributed by atoms with Crippen molar-refractivity contribution in [3.8, 4) is 0 Å². The predicted molar refractivity (Wildman–Crippen MR) is 62.1 cm³/mol. The Balaban J connectivity index is 2.33. The number of nitrogens with zero attached hydrogens (tertiary/aromatic N) is 1. The summed E-state index contributed by atoms with van der Waals surface area (Å²) in [5.74, 6) is 1.70. The first-order valence-corrected chi connectivity index (χ1v) is 6.84. The van der Waals surface area contributed by atoms with Crippen LogP contribution in [0.4, 0.5) is 0 Å². The Bertz CT molecular complexity index is 196. The van der Waals surface area contributed by atoms with Crippen LogP contribution in [0.15, 0.2) is 0 Å². The van der Waals surface area contributed by atoms with Crippen LogP contribution in [0.3, 0.4) is 0 Å². The molecule has 0 unspecified atom stereocenters. The average molecular weight is 218 g/mol. The van der Waals surface area contributed by atoms with Crippen LogP contribution in [0.5, 0.6) is 0 Å². The quantitative estimate of drug-likeness (QED) is 0.743. The van der Waals surface area contributed by atoms with Gasteiger partial charge in [-0.2, -0.15) is 0 Å². The van der Waals surface area contributed by atoms with Crippen molar-refractivity contribution in [2.24, 2.45) is 0 Å². The molecule has 1 heterocycles. The van der Waals surface area contributed by atoms with Gasteiger partial charge in [0.1, 0.15) is 0 Å². The fourth-order valence-electron chi connectivity index (χ4n) is 1.93. The fourth-order valence-corrected chi connectivity index (χ4v) is 3.06. The summed E-state index contributed by atoms with van der Waals surface area (Å²) >= 11 is 0. The fraction of sp³-hybridized carbons (Fsp3) is 1.00. The highest BCUT2D eigenvalue weighted by atomic mass is 32.2. The van der Waals surface area contributed by atoms with Crippen LogP contribution in [-0.2, 0) is 10.8 Å². The van der Waals surface area contributed by atoms with Crippen molar-refractivity contribution in [1.82, 2.24) is 10.2 Å². The van der Waals surface area contributed by atoms with Gasteiger partial charge in [0.2, 0.25) is 0 Å². The molecule has 0 aromatic carbocycles. The van der Waals surface area contributed by atoms with E-state index >= 15 is 0 Å². The van der Waals surface area contributed by atoms with E-state index in [1.165, 1.54) is 0 Å². The van der Waals surface area contributed by atoms with E-state index in [4.69, 9.17) is 0 Å². The van der Waals surface area contributed by atoms with Gasteiger partial charge in [-0.25, -0.2) is 0 Å². The molecule has 0 radical (unpaired) electrons. The zero-order valence-electron chi connectivity index (χ0n) is 9.51. The van der Waals surface area contributed by atoms with Gasteiger partial charge in [0.25, 0.3) is 0 Å². The molecule has 1 fully saturated rings. The summed E-state index contributed by atoms with van der Waals surface area (Å²) in [4.78, 5) is 2.41. The molecule has 0 atom stereocenters. The molecule has 0 aromatic heterocycles. The highest BCUT2D eigenvalue weighted by Gasteiger charge is 2.23. The van der Waals surface area contributed by atoms with E-state index in [0.29, 0.717) is 0 Å². The summed E-state index contributed by atoms with van der Waals surface area (Å²) in [6, 6.07) is 0. The molecule has 0 bridgehead atoms. The lowest BCUT2D eigenvalue weighted by atomic mass is 10.1. The summed E-state index contributed by atoms with van der Waals surface area (Å²) in [5.41, 5.74) is 0.174. The Morgan fingerprint density at radius 2 is 1.93 bits per heavy atom. The molecule has 0 aliphatic carbocycles. The summed E-state index contributed by atoms with van der Waals surface area (Å²) in [7, 11) is -0.555. The number of hydrogen-bond acceptors (Lipinski definition) is 3. The van der Waals surface area contributed by atoms with E-state index in [-0.39, 0.29) is 5.54 Å². The van der Waals surface area contributed by atoms with Crippen molar-refractivity contribution in [3.05, 3.63) is 0 Å².